The lowest BCUT2D eigenvalue weighted by Gasteiger charge is -2.36. The third-order valence-corrected chi connectivity index (χ3v) is 7.45. The molecule has 1 aromatic heterocycles. The number of rotatable bonds is 5. The van der Waals surface area contributed by atoms with Gasteiger partial charge in [-0.05, 0) is 42.0 Å². The first-order chi connectivity index (χ1) is 14.8. The van der Waals surface area contributed by atoms with E-state index in [2.05, 4.69) is 5.32 Å². The van der Waals surface area contributed by atoms with Crippen molar-refractivity contribution in [1.82, 2.24) is 14.5 Å². The highest BCUT2D eigenvalue weighted by atomic mass is 32.2. The summed E-state index contributed by atoms with van der Waals surface area (Å²) >= 11 is 0. The van der Waals surface area contributed by atoms with Gasteiger partial charge in [-0.2, -0.15) is 0 Å². The molecule has 2 aliphatic heterocycles. The van der Waals surface area contributed by atoms with Gasteiger partial charge in [-0.25, -0.2) is 12.7 Å². The van der Waals surface area contributed by atoms with Crippen LogP contribution in [0.15, 0.2) is 47.1 Å². The van der Waals surface area contributed by atoms with Crippen molar-refractivity contribution in [2.45, 2.75) is 31.8 Å². The summed E-state index contributed by atoms with van der Waals surface area (Å²) in [4.78, 5) is 27.7. The van der Waals surface area contributed by atoms with Crippen molar-refractivity contribution in [3.8, 4) is 0 Å². The predicted molar refractivity (Wildman–Crippen MR) is 115 cm³/mol. The minimum Gasteiger partial charge on any atom is -0.459 e. The van der Waals surface area contributed by atoms with Gasteiger partial charge in [0.15, 0.2) is 5.76 Å². The van der Waals surface area contributed by atoms with Gasteiger partial charge in [0.05, 0.1) is 12.5 Å². The molecule has 3 heterocycles. The topological polar surface area (TPSA) is 99.9 Å². The number of amides is 2. The van der Waals surface area contributed by atoms with E-state index in [0.717, 1.165) is 11.1 Å². The first-order valence-corrected chi connectivity index (χ1v) is 12.3. The van der Waals surface area contributed by atoms with Crippen molar-refractivity contribution in [2.75, 3.05) is 25.9 Å². The van der Waals surface area contributed by atoms with Crippen molar-refractivity contribution >= 4 is 21.8 Å². The molecule has 1 atom stereocenters. The lowest BCUT2D eigenvalue weighted by atomic mass is 9.92. The molecule has 0 saturated carbocycles. The number of nitrogens with one attached hydrogen (secondary N) is 1. The summed E-state index contributed by atoms with van der Waals surface area (Å²) in [6.45, 7) is 1.76. The fourth-order valence-electron chi connectivity index (χ4n) is 4.32. The number of sulfonamides is 1. The Balaban J connectivity index is 1.43. The number of carbonyl (C=O) groups is 2. The molecule has 8 nitrogen and oxygen atoms in total. The number of fused-ring (bicyclic) bond motifs is 1. The van der Waals surface area contributed by atoms with Gasteiger partial charge in [0.1, 0.15) is 6.04 Å². The average molecular weight is 446 g/mol. The number of piperidine rings is 1. The molecule has 2 aromatic rings. The third kappa shape index (κ3) is 4.83. The summed E-state index contributed by atoms with van der Waals surface area (Å²) < 4.78 is 30.1. The average Bonchev–Trinajstić information content (AvgIpc) is 3.30. The molecule has 31 heavy (non-hydrogen) atoms. The zero-order valence-corrected chi connectivity index (χ0v) is 18.3. The molecule has 0 radical (unpaired) electrons. The fourth-order valence-corrected chi connectivity index (χ4v) is 5.19. The molecule has 4 rings (SSSR count). The van der Waals surface area contributed by atoms with Crippen LogP contribution in [0.3, 0.4) is 0 Å². The second-order valence-electron chi connectivity index (χ2n) is 8.25. The van der Waals surface area contributed by atoms with Gasteiger partial charge in [-0.3, -0.25) is 9.59 Å². The summed E-state index contributed by atoms with van der Waals surface area (Å²) in [7, 11) is -3.17. The van der Waals surface area contributed by atoms with E-state index < -0.39 is 16.1 Å². The molecule has 0 bridgehead atoms. The minimum absolute atomic E-state index is 0.194. The minimum atomic E-state index is -3.17. The summed E-state index contributed by atoms with van der Waals surface area (Å²) in [5, 5.41) is 3.01. The highest BCUT2D eigenvalue weighted by Gasteiger charge is 2.36. The summed E-state index contributed by atoms with van der Waals surface area (Å²) in [6, 6.07) is 10.5. The molecule has 9 heteroatoms. The van der Waals surface area contributed by atoms with Gasteiger partial charge in [0, 0.05) is 32.6 Å². The van der Waals surface area contributed by atoms with Crippen LogP contribution in [-0.4, -0.2) is 61.4 Å². The van der Waals surface area contributed by atoms with Gasteiger partial charge in [0.2, 0.25) is 15.9 Å². The maximum atomic E-state index is 13.1. The Morgan fingerprint density at radius 1 is 1.10 bits per heavy atom. The number of nitrogens with zero attached hydrogens (tertiary/aromatic N) is 2. The lowest BCUT2D eigenvalue weighted by molar-refractivity contribution is -0.126. The first-order valence-electron chi connectivity index (χ1n) is 10.5. The number of hydrogen-bond acceptors (Lipinski definition) is 5. The molecule has 1 unspecified atom stereocenters. The van der Waals surface area contributed by atoms with Crippen LogP contribution in [0.5, 0.6) is 0 Å². The van der Waals surface area contributed by atoms with E-state index in [1.54, 1.807) is 17.0 Å². The van der Waals surface area contributed by atoms with Crippen molar-refractivity contribution in [3.05, 3.63) is 59.5 Å². The van der Waals surface area contributed by atoms with Crippen LogP contribution in [0.2, 0.25) is 0 Å². The number of benzene rings is 1. The van der Waals surface area contributed by atoms with Crippen molar-refractivity contribution in [2.24, 2.45) is 5.92 Å². The van der Waals surface area contributed by atoms with Crippen molar-refractivity contribution < 1.29 is 22.4 Å². The quantitative estimate of drug-likeness (QED) is 0.754. The normalized spacial score (nSPS) is 20.3. The summed E-state index contributed by atoms with van der Waals surface area (Å²) in [6.07, 6.45) is 4.52. The molecule has 166 valence electrons. The van der Waals surface area contributed by atoms with Crippen LogP contribution in [0, 0.1) is 5.92 Å². The van der Waals surface area contributed by atoms with Gasteiger partial charge < -0.3 is 14.6 Å². The first kappa shape index (κ1) is 21.6. The Bertz CT molecular complexity index is 1040. The maximum absolute atomic E-state index is 13.1. The standard InChI is InChI=1S/C22H27N3O5S/c1-31(28,29)24-10-8-16(9-11-24)14-23-21(26)19-13-17-5-2-3-6-18(17)15-25(19)22(27)20-7-4-12-30-20/h2-7,12,16,19H,8-11,13-15H2,1H3,(H,23,26). The molecule has 0 spiro atoms. The van der Waals surface area contributed by atoms with Gasteiger partial charge >= 0.3 is 0 Å². The molecule has 2 aliphatic rings. The van der Waals surface area contributed by atoms with E-state index in [0.29, 0.717) is 45.4 Å². The van der Waals surface area contributed by atoms with E-state index >= 15 is 0 Å². The predicted octanol–water partition coefficient (Wildman–Crippen LogP) is 1.63. The molecule has 0 aliphatic carbocycles. The molecule has 2 amide bonds. The van der Waals surface area contributed by atoms with Gasteiger partial charge in [0.25, 0.3) is 5.91 Å². The highest BCUT2D eigenvalue weighted by molar-refractivity contribution is 7.88. The maximum Gasteiger partial charge on any atom is 0.290 e. The number of furan rings is 1. The second-order valence-corrected chi connectivity index (χ2v) is 10.2. The summed E-state index contributed by atoms with van der Waals surface area (Å²) in [5.74, 6) is -0.0709. The monoisotopic (exact) mass is 445 g/mol. The lowest BCUT2D eigenvalue weighted by Crippen LogP contribution is -2.53. The molecule has 1 aromatic carbocycles. The Labute approximate surface area is 182 Å². The molecule has 1 N–H and O–H groups in total. The van der Waals surface area contributed by atoms with Crippen LogP contribution in [-0.2, 0) is 27.8 Å². The smallest absolute Gasteiger partial charge is 0.290 e. The Morgan fingerprint density at radius 3 is 2.45 bits per heavy atom. The number of hydrogen-bond donors (Lipinski definition) is 1. The number of carbonyl (C=O) groups excluding carboxylic acids is 2. The van der Waals surface area contributed by atoms with Crippen LogP contribution in [0.25, 0.3) is 0 Å². The highest BCUT2D eigenvalue weighted by Crippen LogP contribution is 2.26. The van der Waals surface area contributed by atoms with E-state index in [1.165, 1.54) is 16.8 Å². The van der Waals surface area contributed by atoms with Crippen molar-refractivity contribution in [1.29, 1.82) is 0 Å². The van der Waals surface area contributed by atoms with Crippen LogP contribution < -0.4 is 5.32 Å². The summed E-state index contributed by atoms with van der Waals surface area (Å²) in [5.41, 5.74) is 2.09. The van der Waals surface area contributed by atoms with E-state index in [9.17, 15) is 18.0 Å². The van der Waals surface area contributed by atoms with Gasteiger partial charge in [-0.15, -0.1) is 0 Å². The second kappa shape index (κ2) is 8.84. The third-order valence-electron chi connectivity index (χ3n) is 6.15. The fraction of sp³-hybridized carbons (Fsp3) is 0.455. The van der Waals surface area contributed by atoms with E-state index in [1.807, 2.05) is 24.3 Å². The van der Waals surface area contributed by atoms with Gasteiger partial charge in [-0.1, -0.05) is 24.3 Å². The Morgan fingerprint density at radius 2 is 1.81 bits per heavy atom. The molecule has 1 fully saturated rings. The zero-order valence-electron chi connectivity index (χ0n) is 17.5. The van der Waals surface area contributed by atoms with E-state index in [-0.39, 0.29) is 23.5 Å². The van der Waals surface area contributed by atoms with Crippen LogP contribution >= 0.6 is 0 Å². The SMILES string of the molecule is CS(=O)(=O)N1CCC(CNC(=O)C2Cc3ccccc3CN2C(=O)c2ccco2)CC1. The van der Waals surface area contributed by atoms with Crippen LogP contribution in [0.4, 0.5) is 0 Å². The molecular weight excluding hydrogens is 418 g/mol. The zero-order chi connectivity index (χ0) is 22.0. The largest absolute Gasteiger partial charge is 0.459 e. The van der Waals surface area contributed by atoms with E-state index in [4.69, 9.17) is 4.42 Å². The Hall–Kier alpha value is -2.65. The van der Waals surface area contributed by atoms with Crippen molar-refractivity contribution in [3.63, 3.8) is 0 Å². The molecular formula is C22H27N3O5S. The Kier molecular flexibility index (Phi) is 6.15. The molecule has 1 saturated heterocycles. The van der Waals surface area contributed by atoms with Crippen LogP contribution in [0.1, 0.15) is 34.5 Å².